The van der Waals surface area contributed by atoms with Crippen LogP contribution in [0, 0.1) is 0 Å². The summed E-state index contributed by atoms with van der Waals surface area (Å²) in [7, 11) is -6.29. The molecule has 0 bridgehead atoms. The van der Waals surface area contributed by atoms with Gasteiger partial charge in [-0.05, 0) is 57.5 Å². The molecule has 1 amide bonds. The minimum absolute atomic E-state index is 0.0357. The highest BCUT2D eigenvalue weighted by Crippen LogP contribution is 2.15. The second-order valence-corrected chi connectivity index (χ2v) is 9.51. The minimum Gasteiger partial charge on any atom is -0.341 e. The van der Waals surface area contributed by atoms with E-state index in [-0.39, 0.29) is 15.7 Å². The van der Waals surface area contributed by atoms with Crippen molar-refractivity contribution in [1.82, 2.24) is 14.3 Å². The molecule has 0 saturated carbocycles. The zero-order valence-electron chi connectivity index (χ0n) is 14.2. The Kier molecular flexibility index (Phi) is 6.20. The molecule has 0 radical (unpaired) electrons. The monoisotopic (exact) mass is 389 g/mol. The largest absolute Gasteiger partial charge is 0.341 e. The number of carbonyl (C=O) groups is 1. The molecule has 2 rings (SSSR count). The van der Waals surface area contributed by atoms with Crippen LogP contribution in [0.1, 0.15) is 26.2 Å². The van der Waals surface area contributed by atoms with Crippen LogP contribution in [0.4, 0.5) is 0 Å². The van der Waals surface area contributed by atoms with Crippen molar-refractivity contribution in [2.24, 2.45) is 0 Å². The summed E-state index contributed by atoms with van der Waals surface area (Å²) < 4.78 is 52.7. The van der Waals surface area contributed by atoms with Gasteiger partial charge in [0.25, 0.3) is 0 Å². The number of piperidine rings is 1. The molecule has 0 aromatic heterocycles. The molecular formula is C15H23N3O5S2. The van der Waals surface area contributed by atoms with Crippen LogP contribution in [0.3, 0.4) is 0 Å². The summed E-state index contributed by atoms with van der Waals surface area (Å²) in [6, 6.07) is 3.92. The van der Waals surface area contributed by atoms with Crippen molar-refractivity contribution in [3.63, 3.8) is 0 Å². The number of likely N-dealkylation sites (tertiary alicyclic amines) is 1. The van der Waals surface area contributed by atoms with Crippen LogP contribution in [0.15, 0.2) is 34.1 Å². The van der Waals surface area contributed by atoms with E-state index in [1.54, 1.807) is 4.90 Å². The smallest absolute Gasteiger partial charge is 0.241 e. The molecule has 0 aliphatic carbocycles. The molecule has 140 valence electrons. The van der Waals surface area contributed by atoms with E-state index in [2.05, 4.69) is 9.44 Å². The first-order chi connectivity index (χ1) is 11.7. The SMILES string of the molecule is CNS(=O)(=O)c1ccc(S(=O)(=O)N[C@H](C)C(=O)N2CCCCC2)cc1. The Balaban J connectivity index is 2.11. The number of amides is 1. The van der Waals surface area contributed by atoms with Gasteiger partial charge >= 0.3 is 0 Å². The van der Waals surface area contributed by atoms with Gasteiger partial charge in [0.05, 0.1) is 15.8 Å². The zero-order valence-corrected chi connectivity index (χ0v) is 15.9. The van der Waals surface area contributed by atoms with Gasteiger partial charge in [0, 0.05) is 13.1 Å². The maximum Gasteiger partial charge on any atom is 0.241 e. The quantitative estimate of drug-likeness (QED) is 0.725. The van der Waals surface area contributed by atoms with Crippen LogP contribution >= 0.6 is 0 Å². The second kappa shape index (κ2) is 7.81. The van der Waals surface area contributed by atoms with Gasteiger partial charge in [-0.3, -0.25) is 4.79 Å². The summed E-state index contributed by atoms with van der Waals surface area (Å²) in [5.41, 5.74) is 0. The molecule has 10 heteroatoms. The first-order valence-electron chi connectivity index (χ1n) is 8.02. The third-order valence-corrected chi connectivity index (χ3v) is 7.07. The van der Waals surface area contributed by atoms with Gasteiger partial charge in [0.1, 0.15) is 0 Å². The number of hydrogen-bond acceptors (Lipinski definition) is 5. The highest BCUT2D eigenvalue weighted by molar-refractivity contribution is 7.90. The van der Waals surface area contributed by atoms with Gasteiger partial charge in [0.2, 0.25) is 26.0 Å². The number of benzene rings is 1. The fourth-order valence-corrected chi connectivity index (χ4v) is 4.58. The molecule has 1 aliphatic rings. The molecule has 1 aromatic rings. The van der Waals surface area contributed by atoms with E-state index in [9.17, 15) is 21.6 Å². The number of rotatable bonds is 6. The summed E-state index contributed by atoms with van der Waals surface area (Å²) in [6.07, 6.45) is 2.92. The molecular weight excluding hydrogens is 366 g/mol. The minimum atomic E-state index is -3.92. The third kappa shape index (κ3) is 4.78. The molecule has 0 unspecified atom stereocenters. The van der Waals surface area contributed by atoms with Crippen LogP contribution in [0.5, 0.6) is 0 Å². The van der Waals surface area contributed by atoms with Crippen LogP contribution in [0.2, 0.25) is 0 Å². The Labute approximate surface area is 148 Å². The lowest BCUT2D eigenvalue weighted by Crippen LogP contribution is -2.48. The van der Waals surface area contributed by atoms with Gasteiger partial charge in [-0.2, -0.15) is 4.72 Å². The van der Waals surface area contributed by atoms with E-state index >= 15 is 0 Å². The molecule has 1 aromatic carbocycles. The predicted octanol–water partition coefficient (Wildman–Crippen LogP) is 0.274. The van der Waals surface area contributed by atoms with Crippen LogP contribution in [0.25, 0.3) is 0 Å². The second-order valence-electron chi connectivity index (χ2n) is 5.91. The Hall–Kier alpha value is -1.49. The van der Waals surface area contributed by atoms with Crippen molar-refractivity contribution in [3.8, 4) is 0 Å². The van der Waals surface area contributed by atoms with Crippen molar-refractivity contribution >= 4 is 26.0 Å². The van der Waals surface area contributed by atoms with Gasteiger partial charge in [-0.1, -0.05) is 0 Å². The average Bonchev–Trinajstić information content (AvgIpc) is 2.61. The fourth-order valence-electron chi connectivity index (χ4n) is 2.66. The molecule has 1 heterocycles. The zero-order chi connectivity index (χ0) is 18.7. The summed E-state index contributed by atoms with van der Waals surface area (Å²) in [4.78, 5) is 13.9. The normalized spacial score (nSPS) is 17.3. The van der Waals surface area contributed by atoms with E-state index in [4.69, 9.17) is 0 Å². The Morgan fingerprint density at radius 2 is 1.44 bits per heavy atom. The topological polar surface area (TPSA) is 113 Å². The van der Waals surface area contributed by atoms with Gasteiger partial charge in [-0.15, -0.1) is 0 Å². The highest BCUT2D eigenvalue weighted by Gasteiger charge is 2.27. The fraction of sp³-hybridized carbons (Fsp3) is 0.533. The summed E-state index contributed by atoms with van der Waals surface area (Å²) >= 11 is 0. The Bertz CT molecular complexity index is 813. The molecule has 1 aliphatic heterocycles. The summed E-state index contributed by atoms with van der Waals surface area (Å²) in [5.74, 6) is -0.252. The van der Waals surface area contributed by atoms with E-state index in [1.807, 2.05) is 0 Å². The van der Waals surface area contributed by atoms with Crippen molar-refractivity contribution in [2.45, 2.75) is 42.0 Å². The third-order valence-electron chi connectivity index (χ3n) is 4.08. The Morgan fingerprint density at radius 3 is 1.92 bits per heavy atom. The van der Waals surface area contributed by atoms with Crippen molar-refractivity contribution in [2.75, 3.05) is 20.1 Å². The molecule has 1 fully saturated rings. The van der Waals surface area contributed by atoms with Crippen LogP contribution < -0.4 is 9.44 Å². The maximum absolute atomic E-state index is 12.4. The number of nitrogens with zero attached hydrogens (tertiary/aromatic N) is 1. The lowest BCUT2D eigenvalue weighted by atomic mass is 10.1. The van der Waals surface area contributed by atoms with Crippen molar-refractivity contribution in [1.29, 1.82) is 0 Å². The van der Waals surface area contributed by atoms with E-state index in [0.29, 0.717) is 13.1 Å². The Morgan fingerprint density at radius 1 is 0.960 bits per heavy atom. The van der Waals surface area contributed by atoms with Crippen molar-refractivity contribution < 1.29 is 21.6 Å². The lowest BCUT2D eigenvalue weighted by molar-refractivity contribution is -0.133. The molecule has 0 spiro atoms. The first-order valence-corrected chi connectivity index (χ1v) is 11.0. The molecule has 2 N–H and O–H groups in total. The standard InChI is InChI=1S/C15H23N3O5S2/c1-12(15(19)18-10-4-3-5-11-18)17-25(22,23)14-8-6-13(7-9-14)24(20,21)16-2/h6-9,12,16-17H,3-5,10-11H2,1-2H3/t12-/m1/s1. The van der Waals surface area contributed by atoms with Crippen molar-refractivity contribution in [3.05, 3.63) is 24.3 Å². The van der Waals surface area contributed by atoms with Gasteiger partial charge < -0.3 is 4.90 Å². The van der Waals surface area contributed by atoms with Crippen LogP contribution in [-0.2, 0) is 24.8 Å². The molecule has 1 atom stereocenters. The average molecular weight is 389 g/mol. The number of sulfonamides is 2. The molecule has 8 nitrogen and oxygen atoms in total. The highest BCUT2D eigenvalue weighted by atomic mass is 32.2. The predicted molar refractivity (Wildman–Crippen MR) is 92.9 cm³/mol. The number of carbonyl (C=O) groups excluding carboxylic acids is 1. The number of hydrogen-bond donors (Lipinski definition) is 2. The van der Waals surface area contributed by atoms with Gasteiger partial charge in [-0.25, -0.2) is 21.6 Å². The van der Waals surface area contributed by atoms with E-state index in [1.165, 1.54) is 38.2 Å². The summed E-state index contributed by atoms with van der Waals surface area (Å²) in [6.45, 7) is 2.79. The lowest BCUT2D eigenvalue weighted by Gasteiger charge is -2.29. The number of nitrogens with one attached hydrogen (secondary N) is 2. The van der Waals surface area contributed by atoms with Gasteiger partial charge in [0.15, 0.2) is 0 Å². The van der Waals surface area contributed by atoms with E-state index < -0.39 is 26.1 Å². The maximum atomic E-state index is 12.4. The summed E-state index contributed by atoms with van der Waals surface area (Å²) in [5, 5.41) is 0. The first kappa shape index (κ1) is 19.8. The van der Waals surface area contributed by atoms with E-state index in [0.717, 1.165) is 19.3 Å². The molecule has 25 heavy (non-hydrogen) atoms. The van der Waals surface area contributed by atoms with Crippen LogP contribution in [-0.4, -0.2) is 53.8 Å². The molecule has 1 saturated heterocycles.